The SMILES string of the molecule is CN(Cc1ccccc1)Cc1cn(C[C@H]2CC3CCN2C[C@@H]3C(=O)NCc2ccccc2)nn1. The largest absolute Gasteiger partial charge is 0.352 e. The Labute approximate surface area is 201 Å². The van der Waals surface area contributed by atoms with Crippen LogP contribution in [0.4, 0.5) is 0 Å². The second-order valence-electron chi connectivity index (χ2n) is 9.83. The van der Waals surface area contributed by atoms with Crippen LogP contribution in [0.2, 0.25) is 0 Å². The van der Waals surface area contributed by atoms with E-state index in [1.807, 2.05) is 28.9 Å². The Balaban J connectivity index is 1.11. The normalized spacial score (nSPS) is 23.8. The molecule has 0 spiro atoms. The third-order valence-corrected chi connectivity index (χ3v) is 7.24. The van der Waals surface area contributed by atoms with Gasteiger partial charge in [-0.05, 0) is 43.5 Å². The molecule has 1 aromatic heterocycles. The maximum Gasteiger partial charge on any atom is 0.224 e. The number of fused-ring (bicyclic) bond motifs is 3. The number of piperidine rings is 3. The van der Waals surface area contributed by atoms with Crippen molar-refractivity contribution in [2.45, 2.75) is 45.1 Å². The molecule has 2 bridgehead atoms. The van der Waals surface area contributed by atoms with Crippen LogP contribution in [0.5, 0.6) is 0 Å². The lowest BCUT2D eigenvalue weighted by atomic mass is 9.75. The summed E-state index contributed by atoms with van der Waals surface area (Å²) in [4.78, 5) is 17.6. The fourth-order valence-corrected chi connectivity index (χ4v) is 5.48. The van der Waals surface area contributed by atoms with Crippen LogP contribution in [0.1, 0.15) is 29.7 Å². The predicted molar refractivity (Wildman–Crippen MR) is 131 cm³/mol. The van der Waals surface area contributed by atoms with E-state index in [-0.39, 0.29) is 11.8 Å². The maximum absolute atomic E-state index is 12.9. The van der Waals surface area contributed by atoms with E-state index in [9.17, 15) is 4.79 Å². The topological polar surface area (TPSA) is 66.3 Å². The van der Waals surface area contributed by atoms with E-state index in [1.165, 1.54) is 5.56 Å². The van der Waals surface area contributed by atoms with Gasteiger partial charge in [-0.3, -0.25) is 19.3 Å². The molecule has 7 heteroatoms. The first-order chi connectivity index (χ1) is 16.6. The maximum atomic E-state index is 12.9. The Morgan fingerprint density at radius 3 is 2.50 bits per heavy atom. The first-order valence-electron chi connectivity index (χ1n) is 12.3. The average Bonchev–Trinajstić information content (AvgIpc) is 3.30. The zero-order valence-corrected chi connectivity index (χ0v) is 19.9. The van der Waals surface area contributed by atoms with Crippen LogP contribution in [-0.2, 0) is 31.0 Å². The van der Waals surface area contributed by atoms with Gasteiger partial charge in [0.25, 0.3) is 0 Å². The highest BCUT2D eigenvalue weighted by Gasteiger charge is 2.43. The smallest absolute Gasteiger partial charge is 0.224 e. The first-order valence-corrected chi connectivity index (χ1v) is 12.3. The molecule has 2 unspecified atom stereocenters. The lowest BCUT2D eigenvalue weighted by Gasteiger charge is -2.49. The molecule has 3 fully saturated rings. The van der Waals surface area contributed by atoms with E-state index >= 15 is 0 Å². The quantitative estimate of drug-likeness (QED) is 0.534. The molecule has 4 heterocycles. The van der Waals surface area contributed by atoms with Crippen LogP contribution in [-0.4, -0.2) is 56.9 Å². The summed E-state index contributed by atoms with van der Waals surface area (Å²) in [6, 6.07) is 21.0. The third kappa shape index (κ3) is 5.54. The second kappa shape index (κ2) is 10.5. The Bertz CT molecular complexity index is 1070. The van der Waals surface area contributed by atoms with E-state index in [2.05, 4.69) is 75.1 Å². The minimum atomic E-state index is 0.0895. The predicted octanol–water partition coefficient (Wildman–Crippen LogP) is 2.94. The summed E-state index contributed by atoms with van der Waals surface area (Å²) in [6.45, 7) is 5.02. The number of benzene rings is 2. The van der Waals surface area contributed by atoms with Crippen molar-refractivity contribution in [1.29, 1.82) is 0 Å². The van der Waals surface area contributed by atoms with E-state index in [0.29, 0.717) is 18.5 Å². The van der Waals surface area contributed by atoms with Crippen molar-refractivity contribution in [3.63, 3.8) is 0 Å². The van der Waals surface area contributed by atoms with Crippen molar-refractivity contribution >= 4 is 5.91 Å². The highest BCUT2D eigenvalue weighted by Crippen LogP contribution is 2.37. The lowest BCUT2D eigenvalue weighted by Crippen LogP contribution is -2.58. The van der Waals surface area contributed by atoms with Gasteiger partial charge in [-0.25, -0.2) is 0 Å². The average molecular weight is 459 g/mol. The van der Waals surface area contributed by atoms with E-state index in [4.69, 9.17) is 0 Å². The summed E-state index contributed by atoms with van der Waals surface area (Å²) in [6.07, 6.45) is 4.23. The van der Waals surface area contributed by atoms with Crippen LogP contribution in [0.15, 0.2) is 66.9 Å². The number of nitrogens with zero attached hydrogens (tertiary/aromatic N) is 5. The molecule has 1 N–H and O–H groups in total. The number of hydrogen-bond acceptors (Lipinski definition) is 5. The Hall–Kier alpha value is -3.03. The molecule has 3 aromatic rings. The van der Waals surface area contributed by atoms with Crippen LogP contribution in [0.3, 0.4) is 0 Å². The van der Waals surface area contributed by atoms with E-state index in [1.54, 1.807) is 0 Å². The number of rotatable bonds is 9. The molecule has 3 saturated heterocycles. The summed E-state index contributed by atoms with van der Waals surface area (Å²) in [5.41, 5.74) is 3.43. The van der Waals surface area contributed by atoms with Crippen LogP contribution < -0.4 is 5.32 Å². The van der Waals surface area contributed by atoms with Gasteiger partial charge in [0.2, 0.25) is 5.91 Å². The number of carbonyl (C=O) groups is 1. The molecule has 0 aliphatic carbocycles. The van der Waals surface area contributed by atoms with Crippen molar-refractivity contribution in [3.05, 3.63) is 83.7 Å². The second-order valence-corrected chi connectivity index (χ2v) is 9.83. The summed E-state index contributed by atoms with van der Waals surface area (Å²) >= 11 is 0. The van der Waals surface area contributed by atoms with Crippen molar-refractivity contribution in [2.24, 2.45) is 11.8 Å². The summed E-state index contributed by atoms with van der Waals surface area (Å²) in [7, 11) is 2.11. The van der Waals surface area contributed by atoms with Gasteiger partial charge in [0.05, 0.1) is 18.2 Å². The molecular formula is C27H34N6O. The van der Waals surface area contributed by atoms with Gasteiger partial charge in [-0.2, -0.15) is 0 Å². The minimum Gasteiger partial charge on any atom is -0.352 e. The molecule has 2 aromatic carbocycles. The lowest BCUT2D eigenvalue weighted by molar-refractivity contribution is -0.133. The van der Waals surface area contributed by atoms with Gasteiger partial charge in [0.15, 0.2) is 0 Å². The van der Waals surface area contributed by atoms with Gasteiger partial charge < -0.3 is 5.32 Å². The number of hydrogen-bond donors (Lipinski definition) is 1. The Morgan fingerprint density at radius 1 is 1.06 bits per heavy atom. The molecule has 3 aliphatic heterocycles. The summed E-state index contributed by atoms with van der Waals surface area (Å²) < 4.78 is 1.99. The molecule has 7 nitrogen and oxygen atoms in total. The van der Waals surface area contributed by atoms with Gasteiger partial charge in [-0.15, -0.1) is 5.10 Å². The Morgan fingerprint density at radius 2 is 1.79 bits per heavy atom. The molecule has 1 amide bonds. The molecule has 34 heavy (non-hydrogen) atoms. The highest BCUT2D eigenvalue weighted by atomic mass is 16.1. The zero-order chi connectivity index (χ0) is 23.3. The number of nitrogens with one attached hydrogen (secondary N) is 1. The molecule has 3 aliphatic rings. The molecule has 0 radical (unpaired) electrons. The van der Waals surface area contributed by atoms with Crippen LogP contribution in [0, 0.1) is 11.8 Å². The summed E-state index contributed by atoms with van der Waals surface area (Å²) in [5.74, 6) is 0.735. The van der Waals surface area contributed by atoms with Gasteiger partial charge >= 0.3 is 0 Å². The van der Waals surface area contributed by atoms with E-state index < -0.39 is 0 Å². The molecule has 4 atom stereocenters. The van der Waals surface area contributed by atoms with Crippen molar-refractivity contribution in [1.82, 2.24) is 30.1 Å². The van der Waals surface area contributed by atoms with Crippen LogP contribution in [0.25, 0.3) is 0 Å². The monoisotopic (exact) mass is 458 g/mol. The van der Waals surface area contributed by atoms with E-state index in [0.717, 1.165) is 56.8 Å². The summed E-state index contributed by atoms with van der Waals surface area (Å²) in [5, 5.41) is 12.0. The Kier molecular flexibility index (Phi) is 7.02. The number of aromatic nitrogens is 3. The standard InChI is InChI=1S/C27H34N6O/c1-31(16-22-10-6-3-7-11-22)17-24-18-33(30-29-24)19-25-14-23-12-13-32(25)20-26(23)27(34)28-15-21-8-4-2-5-9-21/h2-11,18,23,25-26H,12-17,19-20H2,1H3,(H,28,34)/t23?,25-,26+/m1/s1. The molecule has 0 saturated carbocycles. The van der Waals surface area contributed by atoms with Gasteiger partial charge in [0.1, 0.15) is 0 Å². The van der Waals surface area contributed by atoms with Crippen molar-refractivity contribution in [2.75, 3.05) is 20.1 Å². The number of carbonyl (C=O) groups excluding carboxylic acids is 1. The fraction of sp³-hybridized carbons (Fsp3) is 0.444. The third-order valence-electron chi connectivity index (χ3n) is 7.24. The van der Waals surface area contributed by atoms with Gasteiger partial charge in [0, 0.05) is 38.4 Å². The molecule has 6 rings (SSSR count). The minimum absolute atomic E-state index is 0.0895. The van der Waals surface area contributed by atoms with Gasteiger partial charge in [-0.1, -0.05) is 65.9 Å². The highest BCUT2D eigenvalue weighted by molar-refractivity contribution is 5.79. The molecular weight excluding hydrogens is 424 g/mol. The fourth-order valence-electron chi connectivity index (χ4n) is 5.48. The molecule has 178 valence electrons. The van der Waals surface area contributed by atoms with Crippen LogP contribution >= 0.6 is 0 Å². The zero-order valence-electron chi connectivity index (χ0n) is 19.9. The van der Waals surface area contributed by atoms with Crippen molar-refractivity contribution in [3.8, 4) is 0 Å². The first kappa shape index (κ1) is 22.7. The van der Waals surface area contributed by atoms with Crippen molar-refractivity contribution < 1.29 is 4.79 Å². The number of amides is 1.